The summed E-state index contributed by atoms with van der Waals surface area (Å²) in [6.45, 7) is 6.46. The summed E-state index contributed by atoms with van der Waals surface area (Å²) < 4.78 is 24.3. The van der Waals surface area contributed by atoms with Gasteiger partial charge in [-0.25, -0.2) is 8.42 Å². The molecule has 0 heterocycles. The molecule has 4 heteroatoms. The van der Waals surface area contributed by atoms with E-state index in [9.17, 15) is 8.42 Å². The molecule has 1 rings (SSSR count). The zero-order chi connectivity index (χ0) is 11.5. The highest BCUT2D eigenvalue weighted by molar-refractivity contribution is 7.92. The Morgan fingerprint density at radius 2 is 1.87 bits per heavy atom. The first-order valence-corrected chi connectivity index (χ1v) is 7.57. The van der Waals surface area contributed by atoms with Gasteiger partial charge in [-0.3, -0.25) is 0 Å². The molecule has 0 amide bonds. The topological polar surface area (TPSA) is 46.2 Å². The van der Waals surface area contributed by atoms with Crippen LogP contribution in [0.25, 0.3) is 0 Å². The molecule has 2 unspecified atom stereocenters. The Bertz CT molecular complexity index is 283. The van der Waals surface area contributed by atoms with Crippen molar-refractivity contribution in [2.45, 2.75) is 63.0 Å². The second-order valence-corrected chi connectivity index (χ2v) is 7.35. The molecular formula is C11H23NO2S. The van der Waals surface area contributed by atoms with Crippen LogP contribution in [-0.2, 0) is 9.84 Å². The molecule has 1 aliphatic rings. The van der Waals surface area contributed by atoms with Crippen molar-refractivity contribution in [1.82, 2.24) is 5.32 Å². The van der Waals surface area contributed by atoms with Crippen molar-refractivity contribution in [2.24, 2.45) is 0 Å². The Kier molecular flexibility index (Phi) is 4.59. The van der Waals surface area contributed by atoms with Crippen molar-refractivity contribution in [3.05, 3.63) is 0 Å². The number of hydrogen-bond donors (Lipinski definition) is 1. The third kappa shape index (κ3) is 2.94. The summed E-state index contributed by atoms with van der Waals surface area (Å²) in [5.41, 5.74) is 0. The lowest BCUT2D eigenvalue weighted by Gasteiger charge is -2.32. The Morgan fingerprint density at radius 1 is 1.27 bits per heavy atom. The molecule has 1 N–H and O–H groups in total. The minimum atomic E-state index is -2.93. The lowest BCUT2D eigenvalue weighted by molar-refractivity contribution is 0.375. The predicted octanol–water partition coefficient (Wildman–Crippen LogP) is 1.73. The van der Waals surface area contributed by atoms with E-state index < -0.39 is 9.84 Å². The van der Waals surface area contributed by atoms with E-state index in [1.54, 1.807) is 13.8 Å². The lowest BCUT2D eigenvalue weighted by Crippen LogP contribution is -2.48. The largest absolute Gasteiger partial charge is 0.313 e. The summed E-state index contributed by atoms with van der Waals surface area (Å²) in [5.74, 6) is 0. The van der Waals surface area contributed by atoms with Gasteiger partial charge in [0.15, 0.2) is 9.84 Å². The number of nitrogens with one attached hydrogen (secondary N) is 1. The van der Waals surface area contributed by atoms with Crippen LogP contribution in [0.2, 0.25) is 0 Å². The lowest BCUT2D eigenvalue weighted by atomic mass is 9.95. The van der Waals surface area contributed by atoms with Gasteiger partial charge in [0.2, 0.25) is 0 Å². The Balaban J connectivity index is 2.80. The van der Waals surface area contributed by atoms with Crippen LogP contribution in [0, 0.1) is 0 Å². The fourth-order valence-electron chi connectivity index (χ4n) is 2.34. The van der Waals surface area contributed by atoms with Crippen LogP contribution in [-0.4, -0.2) is 31.5 Å². The van der Waals surface area contributed by atoms with E-state index in [1.807, 2.05) is 6.92 Å². The molecule has 2 atom stereocenters. The molecule has 1 fully saturated rings. The Hall–Kier alpha value is -0.0900. The predicted molar refractivity (Wildman–Crippen MR) is 63.8 cm³/mol. The van der Waals surface area contributed by atoms with Crippen LogP contribution in [0.1, 0.15) is 46.5 Å². The van der Waals surface area contributed by atoms with Gasteiger partial charge in [-0.15, -0.1) is 0 Å². The van der Waals surface area contributed by atoms with Crippen molar-refractivity contribution in [3.63, 3.8) is 0 Å². The van der Waals surface area contributed by atoms with Crippen LogP contribution >= 0.6 is 0 Å². The zero-order valence-corrected chi connectivity index (χ0v) is 10.8. The first-order chi connectivity index (χ1) is 7.00. The SMILES string of the molecule is CCNC1CCCCC1S(=O)(=O)C(C)C. The highest BCUT2D eigenvalue weighted by Gasteiger charge is 2.36. The van der Waals surface area contributed by atoms with Gasteiger partial charge in [-0.2, -0.15) is 0 Å². The molecule has 0 spiro atoms. The fraction of sp³-hybridized carbons (Fsp3) is 1.00. The maximum atomic E-state index is 12.1. The van der Waals surface area contributed by atoms with Crippen LogP contribution in [0.5, 0.6) is 0 Å². The Labute approximate surface area is 93.6 Å². The molecule has 90 valence electrons. The standard InChI is InChI=1S/C11H23NO2S/c1-4-12-10-7-5-6-8-11(10)15(13,14)9(2)3/h9-12H,4-8H2,1-3H3. The van der Waals surface area contributed by atoms with Crippen LogP contribution in [0.3, 0.4) is 0 Å². The Morgan fingerprint density at radius 3 is 2.40 bits per heavy atom. The molecule has 1 aliphatic carbocycles. The third-order valence-electron chi connectivity index (χ3n) is 3.25. The van der Waals surface area contributed by atoms with E-state index in [2.05, 4.69) is 5.32 Å². The van der Waals surface area contributed by atoms with Gasteiger partial charge in [0, 0.05) is 6.04 Å². The summed E-state index contributed by atoms with van der Waals surface area (Å²) in [7, 11) is -2.93. The summed E-state index contributed by atoms with van der Waals surface area (Å²) in [4.78, 5) is 0. The third-order valence-corrected chi connectivity index (χ3v) is 5.97. The number of rotatable bonds is 4. The molecule has 0 bridgehead atoms. The van der Waals surface area contributed by atoms with Gasteiger partial charge in [0.05, 0.1) is 10.5 Å². The molecule has 0 aromatic rings. The summed E-state index contributed by atoms with van der Waals surface area (Å²) in [6, 6.07) is 0.177. The average molecular weight is 233 g/mol. The summed E-state index contributed by atoms with van der Waals surface area (Å²) in [6.07, 6.45) is 4.04. The van der Waals surface area contributed by atoms with Crippen molar-refractivity contribution < 1.29 is 8.42 Å². The highest BCUT2D eigenvalue weighted by atomic mass is 32.2. The first-order valence-electron chi connectivity index (χ1n) is 5.96. The van der Waals surface area contributed by atoms with Crippen LogP contribution < -0.4 is 5.32 Å². The van der Waals surface area contributed by atoms with E-state index in [0.29, 0.717) is 0 Å². The second kappa shape index (κ2) is 5.30. The van der Waals surface area contributed by atoms with Crippen LogP contribution in [0.15, 0.2) is 0 Å². The summed E-state index contributed by atoms with van der Waals surface area (Å²) in [5, 5.41) is 2.91. The monoisotopic (exact) mass is 233 g/mol. The van der Waals surface area contributed by atoms with Gasteiger partial charge in [0.25, 0.3) is 0 Å². The van der Waals surface area contributed by atoms with Crippen molar-refractivity contribution >= 4 is 9.84 Å². The van der Waals surface area contributed by atoms with Crippen molar-refractivity contribution in [2.75, 3.05) is 6.54 Å². The molecule has 0 radical (unpaired) electrons. The van der Waals surface area contributed by atoms with Crippen LogP contribution in [0.4, 0.5) is 0 Å². The van der Waals surface area contributed by atoms with E-state index in [-0.39, 0.29) is 16.5 Å². The van der Waals surface area contributed by atoms with E-state index in [1.165, 1.54) is 0 Å². The van der Waals surface area contributed by atoms with Gasteiger partial charge in [-0.1, -0.05) is 19.8 Å². The smallest absolute Gasteiger partial charge is 0.156 e. The normalized spacial score (nSPS) is 28.3. The molecule has 0 aromatic carbocycles. The second-order valence-electron chi connectivity index (χ2n) is 4.62. The molecular weight excluding hydrogens is 210 g/mol. The molecule has 1 saturated carbocycles. The minimum Gasteiger partial charge on any atom is -0.313 e. The molecule has 3 nitrogen and oxygen atoms in total. The maximum Gasteiger partial charge on any atom is 0.156 e. The first kappa shape index (κ1) is 13.0. The maximum absolute atomic E-state index is 12.1. The highest BCUT2D eigenvalue weighted by Crippen LogP contribution is 2.26. The minimum absolute atomic E-state index is 0.161. The van der Waals surface area contributed by atoms with Gasteiger partial charge in [-0.05, 0) is 33.2 Å². The summed E-state index contributed by atoms with van der Waals surface area (Å²) >= 11 is 0. The average Bonchev–Trinajstić information content (AvgIpc) is 2.18. The van der Waals surface area contributed by atoms with Crippen molar-refractivity contribution in [1.29, 1.82) is 0 Å². The van der Waals surface area contributed by atoms with E-state index in [0.717, 1.165) is 32.2 Å². The fourth-order valence-corrected chi connectivity index (χ4v) is 4.22. The van der Waals surface area contributed by atoms with Gasteiger partial charge in [0.1, 0.15) is 0 Å². The molecule has 0 aliphatic heterocycles. The molecule has 0 saturated heterocycles. The van der Waals surface area contributed by atoms with E-state index in [4.69, 9.17) is 0 Å². The number of hydrogen-bond acceptors (Lipinski definition) is 3. The quantitative estimate of drug-likeness (QED) is 0.804. The van der Waals surface area contributed by atoms with Crippen molar-refractivity contribution in [3.8, 4) is 0 Å². The van der Waals surface area contributed by atoms with Gasteiger partial charge >= 0.3 is 0 Å². The van der Waals surface area contributed by atoms with Gasteiger partial charge < -0.3 is 5.32 Å². The zero-order valence-electron chi connectivity index (χ0n) is 9.99. The molecule has 0 aromatic heterocycles. The number of sulfone groups is 1. The molecule has 15 heavy (non-hydrogen) atoms. The van der Waals surface area contributed by atoms with E-state index >= 15 is 0 Å².